The second kappa shape index (κ2) is 4.44. The molecule has 94 valence electrons. The summed E-state index contributed by atoms with van der Waals surface area (Å²) in [6, 6.07) is 0.817. The van der Waals surface area contributed by atoms with Crippen molar-refractivity contribution in [3.05, 3.63) is 0 Å². The zero-order valence-corrected chi connectivity index (χ0v) is 10.9. The van der Waals surface area contributed by atoms with Crippen LogP contribution in [0.5, 0.6) is 0 Å². The smallest absolute Gasteiger partial charge is 0.217 e. The van der Waals surface area contributed by atoms with Crippen LogP contribution in [-0.2, 0) is 10.0 Å². The minimum atomic E-state index is -2.94. The lowest BCUT2D eigenvalue weighted by molar-refractivity contribution is 0.190. The summed E-state index contributed by atoms with van der Waals surface area (Å²) in [7, 11) is -2.94. The first-order chi connectivity index (χ1) is 7.16. The molecule has 2 atom stereocenters. The van der Waals surface area contributed by atoms with Gasteiger partial charge in [-0.25, -0.2) is 8.42 Å². The Morgan fingerprint density at radius 3 is 2.06 bits per heavy atom. The molecule has 3 fully saturated rings. The topological polar surface area (TPSA) is 49.4 Å². The average molecular weight is 267 g/mol. The van der Waals surface area contributed by atoms with Crippen molar-refractivity contribution >= 4 is 22.4 Å². The summed E-state index contributed by atoms with van der Waals surface area (Å²) in [6.07, 6.45) is 5.27. The number of hydrogen-bond donors (Lipinski definition) is 1. The molecular formula is C10H19ClN2O2S. The number of fused-ring (bicyclic) bond motifs is 2. The molecule has 0 aromatic carbocycles. The molecule has 0 radical (unpaired) electrons. The van der Waals surface area contributed by atoms with E-state index in [2.05, 4.69) is 5.32 Å². The lowest BCUT2D eigenvalue weighted by atomic mass is 9.96. The second-order valence-electron chi connectivity index (χ2n) is 5.05. The standard InChI is InChI=1S/C10H18N2O2S.ClH/c13-15(14,10-4-5-10)12-6-8-2-1-3-9(7-12)11-8;/h8-11H,1-7H2;1H. The number of piperazine rings is 1. The Labute approximate surface area is 103 Å². The van der Waals surface area contributed by atoms with Gasteiger partial charge in [-0.3, -0.25) is 0 Å². The van der Waals surface area contributed by atoms with Gasteiger partial charge in [0.15, 0.2) is 0 Å². The predicted molar refractivity (Wildman–Crippen MR) is 65.3 cm³/mol. The zero-order valence-electron chi connectivity index (χ0n) is 9.26. The highest BCUT2D eigenvalue weighted by Crippen LogP contribution is 2.33. The van der Waals surface area contributed by atoms with E-state index in [0.717, 1.165) is 25.7 Å². The van der Waals surface area contributed by atoms with Crippen molar-refractivity contribution < 1.29 is 8.42 Å². The molecule has 0 aromatic rings. The zero-order chi connectivity index (χ0) is 10.5. The fourth-order valence-corrected chi connectivity index (χ4v) is 4.68. The number of nitrogens with zero attached hydrogens (tertiary/aromatic N) is 1. The Morgan fingerprint density at radius 1 is 1.00 bits per heavy atom. The summed E-state index contributed by atoms with van der Waals surface area (Å²) < 4.78 is 25.9. The van der Waals surface area contributed by atoms with Gasteiger partial charge in [0.1, 0.15) is 0 Å². The number of nitrogens with one attached hydrogen (secondary N) is 1. The summed E-state index contributed by atoms with van der Waals surface area (Å²) in [5.74, 6) is 0. The van der Waals surface area contributed by atoms with E-state index >= 15 is 0 Å². The predicted octanol–water partition coefficient (Wildman–Crippen LogP) is 0.727. The van der Waals surface area contributed by atoms with Crippen LogP contribution in [0.2, 0.25) is 0 Å². The molecule has 2 unspecified atom stereocenters. The number of halogens is 1. The third kappa shape index (κ3) is 2.23. The molecule has 1 N–H and O–H groups in total. The molecule has 2 heterocycles. The highest BCUT2D eigenvalue weighted by atomic mass is 35.5. The van der Waals surface area contributed by atoms with E-state index in [1.807, 2.05) is 0 Å². The van der Waals surface area contributed by atoms with Gasteiger partial charge in [0.2, 0.25) is 10.0 Å². The van der Waals surface area contributed by atoms with Gasteiger partial charge in [-0.15, -0.1) is 12.4 Å². The van der Waals surface area contributed by atoms with Crippen LogP contribution >= 0.6 is 12.4 Å². The largest absolute Gasteiger partial charge is 0.309 e. The van der Waals surface area contributed by atoms with Gasteiger partial charge in [0.25, 0.3) is 0 Å². The fraction of sp³-hybridized carbons (Fsp3) is 1.00. The van der Waals surface area contributed by atoms with E-state index in [-0.39, 0.29) is 17.7 Å². The van der Waals surface area contributed by atoms with Crippen molar-refractivity contribution in [3.63, 3.8) is 0 Å². The van der Waals surface area contributed by atoms with Crippen LogP contribution < -0.4 is 5.32 Å². The number of rotatable bonds is 2. The normalized spacial score (nSPS) is 35.5. The Kier molecular flexibility index (Phi) is 3.50. The Morgan fingerprint density at radius 2 is 1.56 bits per heavy atom. The molecule has 2 bridgehead atoms. The van der Waals surface area contributed by atoms with E-state index in [0.29, 0.717) is 25.2 Å². The highest BCUT2D eigenvalue weighted by Gasteiger charge is 2.43. The van der Waals surface area contributed by atoms with Gasteiger partial charge in [-0.1, -0.05) is 6.42 Å². The third-order valence-electron chi connectivity index (χ3n) is 3.73. The lowest BCUT2D eigenvalue weighted by Crippen LogP contribution is -2.60. The molecule has 2 aliphatic heterocycles. The average Bonchev–Trinajstić information content (AvgIpc) is 3.00. The van der Waals surface area contributed by atoms with Gasteiger partial charge in [-0.05, 0) is 25.7 Å². The van der Waals surface area contributed by atoms with Gasteiger partial charge in [0.05, 0.1) is 5.25 Å². The fourth-order valence-electron chi connectivity index (χ4n) is 2.75. The second-order valence-corrected chi connectivity index (χ2v) is 7.27. The summed E-state index contributed by atoms with van der Waals surface area (Å²) in [5.41, 5.74) is 0. The molecule has 0 spiro atoms. The SMILES string of the molecule is Cl.O=S(=O)(C1CC1)N1CC2CCCC(C1)N2. The summed E-state index contributed by atoms with van der Waals surface area (Å²) in [6.45, 7) is 1.41. The molecule has 16 heavy (non-hydrogen) atoms. The first-order valence-corrected chi connectivity index (χ1v) is 7.41. The first kappa shape index (κ1) is 12.6. The quantitative estimate of drug-likeness (QED) is 0.802. The van der Waals surface area contributed by atoms with Crippen LogP contribution in [0.4, 0.5) is 0 Å². The molecule has 3 rings (SSSR count). The van der Waals surface area contributed by atoms with Crippen molar-refractivity contribution in [2.75, 3.05) is 13.1 Å². The van der Waals surface area contributed by atoms with Crippen molar-refractivity contribution in [2.45, 2.75) is 49.4 Å². The molecule has 1 saturated carbocycles. The molecule has 0 amide bonds. The van der Waals surface area contributed by atoms with E-state index in [1.54, 1.807) is 4.31 Å². The third-order valence-corrected chi connectivity index (χ3v) is 6.06. The Hall–Kier alpha value is 0.160. The van der Waals surface area contributed by atoms with E-state index in [4.69, 9.17) is 0 Å². The lowest BCUT2D eigenvalue weighted by Gasteiger charge is -2.41. The van der Waals surface area contributed by atoms with Crippen LogP contribution in [0, 0.1) is 0 Å². The summed E-state index contributed by atoms with van der Waals surface area (Å²) >= 11 is 0. The molecule has 2 saturated heterocycles. The minimum Gasteiger partial charge on any atom is -0.309 e. The van der Waals surface area contributed by atoms with Crippen LogP contribution in [0.15, 0.2) is 0 Å². The maximum atomic E-state index is 12.1. The first-order valence-electron chi connectivity index (χ1n) is 5.91. The van der Waals surface area contributed by atoms with E-state index in [9.17, 15) is 8.42 Å². The Bertz CT molecular complexity index is 344. The van der Waals surface area contributed by atoms with Crippen LogP contribution in [0.3, 0.4) is 0 Å². The molecule has 3 aliphatic rings. The van der Waals surface area contributed by atoms with Crippen molar-refractivity contribution in [2.24, 2.45) is 0 Å². The number of hydrogen-bond acceptors (Lipinski definition) is 3. The van der Waals surface area contributed by atoms with Crippen LogP contribution in [0.25, 0.3) is 0 Å². The molecule has 4 nitrogen and oxygen atoms in total. The highest BCUT2D eigenvalue weighted by molar-refractivity contribution is 7.90. The van der Waals surface area contributed by atoms with Gasteiger partial charge in [0, 0.05) is 25.2 Å². The van der Waals surface area contributed by atoms with Crippen LogP contribution in [-0.4, -0.2) is 43.1 Å². The molecule has 6 heteroatoms. The number of sulfonamides is 1. The van der Waals surface area contributed by atoms with Crippen molar-refractivity contribution in [1.29, 1.82) is 0 Å². The van der Waals surface area contributed by atoms with Gasteiger partial charge < -0.3 is 5.32 Å². The minimum absolute atomic E-state index is 0. The number of piperidine rings is 1. The van der Waals surface area contributed by atoms with E-state index < -0.39 is 10.0 Å². The van der Waals surface area contributed by atoms with Gasteiger partial charge >= 0.3 is 0 Å². The maximum absolute atomic E-state index is 12.1. The molecular weight excluding hydrogens is 248 g/mol. The molecule has 1 aliphatic carbocycles. The monoisotopic (exact) mass is 266 g/mol. The van der Waals surface area contributed by atoms with Crippen LogP contribution in [0.1, 0.15) is 32.1 Å². The van der Waals surface area contributed by atoms with Crippen molar-refractivity contribution in [1.82, 2.24) is 9.62 Å². The maximum Gasteiger partial charge on any atom is 0.217 e. The van der Waals surface area contributed by atoms with Gasteiger partial charge in [-0.2, -0.15) is 4.31 Å². The summed E-state index contributed by atoms with van der Waals surface area (Å²) in [4.78, 5) is 0. The van der Waals surface area contributed by atoms with E-state index in [1.165, 1.54) is 6.42 Å². The molecule has 0 aromatic heterocycles. The Balaban J connectivity index is 0.000000963. The summed E-state index contributed by atoms with van der Waals surface area (Å²) in [5, 5.41) is 3.46. The van der Waals surface area contributed by atoms with Crippen molar-refractivity contribution in [3.8, 4) is 0 Å².